The van der Waals surface area contributed by atoms with Crippen LogP contribution in [0.5, 0.6) is 0 Å². The highest BCUT2D eigenvalue weighted by Crippen LogP contribution is 2.18. The van der Waals surface area contributed by atoms with Gasteiger partial charge in [-0.3, -0.25) is 9.69 Å². The Morgan fingerprint density at radius 3 is 3.00 bits per heavy atom. The maximum atomic E-state index is 12.3. The van der Waals surface area contributed by atoms with Crippen LogP contribution in [0.4, 0.5) is 0 Å². The van der Waals surface area contributed by atoms with Gasteiger partial charge in [0.05, 0.1) is 6.10 Å². The Hall–Kier alpha value is -2.37. The topological polar surface area (TPSA) is 68.4 Å². The highest BCUT2D eigenvalue weighted by atomic mass is 16.3. The number of fused-ring (bicyclic) bond motifs is 1. The van der Waals surface area contributed by atoms with Crippen molar-refractivity contribution >= 4 is 16.8 Å². The predicted octanol–water partition coefficient (Wildman–Crippen LogP) is 2.86. The van der Waals surface area contributed by atoms with Gasteiger partial charge in [-0.15, -0.1) is 0 Å². The van der Waals surface area contributed by atoms with E-state index in [0.29, 0.717) is 12.2 Å². The van der Waals surface area contributed by atoms with Gasteiger partial charge < -0.3 is 15.4 Å². The van der Waals surface area contributed by atoms with Gasteiger partial charge in [0, 0.05) is 37.1 Å². The zero-order chi connectivity index (χ0) is 18.5. The number of rotatable bonds is 6. The molecule has 0 radical (unpaired) electrons. The summed E-state index contributed by atoms with van der Waals surface area (Å²) < 4.78 is 0. The van der Waals surface area contributed by atoms with Gasteiger partial charge in [-0.25, -0.2) is 0 Å². The number of para-hydroxylation sites is 1. The van der Waals surface area contributed by atoms with Gasteiger partial charge in [0.1, 0.15) is 5.69 Å². The Morgan fingerprint density at radius 1 is 1.42 bits per heavy atom. The van der Waals surface area contributed by atoms with Crippen molar-refractivity contribution in [2.75, 3.05) is 26.2 Å². The number of hydrogen-bond donors (Lipinski definition) is 3. The first kappa shape index (κ1) is 18.4. The average molecular weight is 353 g/mol. The predicted molar refractivity (Wildman–Crippen MR) is 105 cm³/mol. The van der Waals surface area contributed by atoms with Gasteiger partial charge in [0.2, 0.25) is 0 Å². The van der Waals surface area contributed by atoms with E-state index in [0.717, 1.165) is 30.4 Å². The van der Waals surface area contributed by atoms with E-state index in [2.05, 4.69) is 34.3 Å². The van der Waals surface area contributed by atoms with Gasteiger partial charge in [0.25, 0.3) is 5.91 Å². The van der Waals surface area contributed by atoms with Crippen LogP contribution in [0.25, 0.3) is 10.9 Å². The van der Waals surface area contributed by atoms with Crippen molar-refractivity contribution in [3.8, 4) is 0 Å². The smallest absolute Gasteiger partial charge is 0.267 e. The third-order valence-corrected chi connectivity index (χ3v) is 4.85. The first-order valence-electron chi connectivity index (χ1n) is 9.14. The summed E-state index contributed by atoms with van der Waals surface area (Å²) in [5, 5.41) is 14.1. The van der Waals surface area contributed by atoms with Crippen molar-refractivity contribution < 1.29 is 9.90 Å². The van der Waals surface area contributed by atoms with Gasteiger partial charge >= 0.3 is 0 Å². The number of hydrogen-bond acceptors (Lipinski definition) is 3. The van der Waals surface area contributed by atoms with E-state index >= 15 is 0 Å². The molecule has 5 nitrogen and oxygen atoms in total. The first-order valence-corrected chi connectivity index (χ1v) is 9.14. The SMILES string of the molecule is C/C=C\C1=C(C)CCN(C[C@@H](O)CNC(=O)c2cc3ccccc3[nH]2)C1. The molecule has 1 aliphatic rings. The summed E-state index contributed by atoms with van der Waals surface area (Å²) in [4.78, 5) is 17.7. The molecule has 0 spiro atoms. The van der Waals surface area contributed by atoms with Crippen LogP contribution in [0.2, 0.25) is 0 Å². The van der Waals surface area contributed by atoms with Crippen molar-refractivity contribution in [2.45, 2.75) is 26.4 Å². The molecule has 3 rings (SSSR count). The Balaban J connectivity index is 1.51. The number of allylic oxidation sites excluding steroid dienone is 1. The zero-order valence-electron chi connectivity index (χ0n) is 15.5. The summed E-state index contributed by atoms with van der Waals surface area (Å²) in [5.74, 6) is -0.191. The summed E-state index contributed by atoms with van der Waals surface area (Å²) in [6.45, 7) is 6.79. The molecule has 0 saturated carbocycles. The minimum Gasteiger partial charge on any atom is -0.390 e. The fourth-order valence-corrected chi connectivity index (χ4v) is 3.36. The van der Waals surface area contributed by atoms with Crippen LogP contribution in [-0.4, -0.2) is 53.2 Å². The third kappa shape index (κ3) is 4.42. The molecule has 1 amide bonds. The van der Waals surface area contributed by atoms with Crippen LogP contribution >= 0.6 is 0 Å². The van der Waals surface area contributed by atoms with Crippen LogP contribution in [0.15, 0.2) is 53.6 Å². The van der Waals surface area contributed by atoms with E-state index in [1.807, 2.05) is 37.3 Å². The van der Waals surface area contributed by atoms with Crippen molar-refractivity contribution in [1.29, 1.82) is 0 Å². The Kier molecular flexibility index (Phi) is 5.91. The number of aliphatic hydroxyl groups is 1. The van der Waals surface area contributed by atoms with Gasteiger partial charge in [-0.1, -0.05) is 35.9 Å². The van der Waals surface area contributed by atoms with Crippen molar-refractivity contribution in [1.82, 2.24) is 15.2 Å². The Bertz CT molecular complexity index is 802. The molecule has 0 unspecified atom stereocenters. The minimum absolute atomic E-state index is 0.191. The number of β-amino-alcohol motifs (C(OH)–C–C–N with tert-alkyl or cyclic N) is 1. The lowest BCUT2D eigenvalue weighted by Crippen LogP contribution is -2.42. The molecule has 0 saturated heterocycles. The molecule has 5 heteroatoms. The molecule has 2 heterocycles. The fourth-order valence-electron chi connectivity index (χ4n) is 3.36. The summed E-state index contributed by atoms with van der Waals surface area (Å²) in [7, 11) is 0. The normalized spacial score (nSPS) is 17.2. The Labute approximate surface area is 154 Å². The number of nitrogens with zero attached hydrogens (tertiary/aromatic N) is 1. The molecule has 1 aromatic carbocycles. The summed E-state index contributed by atoms with van der Waals surface area (Å²) in [5.41, 5.74) is 4.20. The summed E-state index contributed by atoms with van der Waals surface area (Å²) in [6, 6.07) is 9.61. The molecular formula is C21H27N3O2. The largest absolute Gasteiger partial charge is 0.390 e. The van der Waals surface area contributed by atoms with Crippen molar-refractivity contribution in [2.24, 2.45) is 0 Å². The van der Waals surface area contributed by atoms with Crippen LogP contribution in [0.3, 0.4) is 0 Å². The molecular weight excluding hydrogens is 326 g/mol. The molecule has 0 fully saturated rings. The standard InChI is InChI=1S/C21H27N3O2/c1-3-6-17-13-24(10-9-15(17)2)14-18(25)12-22-21(26)20-11-16-7-4-5-8-19(16)23-20/h3-8,11,18,23,25H,9-10,12-14H2,1-2H3,(H,22,26)/b6-3-/t18-/m0/s1. The molecule has 1 aromatic heterocycles. The monoisotopic (exact) mass is 353 g/mol. The molecule has 0 aliphatic carbocycles. The highest BCUT2D eigenvalue weighted by molar-refractivity contribution is 5.97. The van der Waals surface area contributed by atoms with Crippen LogP contribution < -0.4 is 5.32 Å². The third-order valence-electron chi connectivity index (χ3n) is 4.85. The number of benzene rings is 1. The second kappa shape index (κ2) is 8.34. The van der Waals surface area contributed by atoms with E-state index < -0.39 is 6.10 Å². The second-order valence-corrected chi connectivity index (χ2v) is 6.92. The van der Waals surface area contributed by atoms with Crippen LogP contribution in [-0.2, 0) is 0 Å². The maximum Gasteiger partial charge on any atom is 0.267 e. The second-order valence-electron chi connectivity index (χ2n) is 6.92. The lowest BCUT2D eigenvalue weighted by molar-refractivity contribution is 0.0861. The first-order chi connectivity index (χ1) is 12.6. The van der Waals surface area contributed by atoms with E-state index in [9.17, 15) is 9.90 Å². The number of nitrogens with one attached hydrogen (secondary N) is 2. The minimum atomic E-state index is -0.589. The number of carbonyl (C=O) groups is 1. The highest BCUT2D eigenvalue weighted by Gasteiger charge is 2.18. The lowest BCUT2D eigenvalue weighted by atomic mass is 10.0. The molecule has 2 aromatic rings. The van der Waals surface area contributed by atoms with E-state index in [1.54, 1.807) is 0 Å². The number of H-pyrrole nitrogens is 1. The average Bonchev–Trinajstić information content (AvgIpc) is 3.07. The lowest BCUT2D eigenvalue weighted by Gasteiger charge is -2.30. The number of aliphatic hydroxyl groups excluding tert-OH is 1. The van der Waals surface area contributed by atoms with Gasteiger partial charge in [-0.05, 0) is 38.0 Å². The molecule has 3 N–H and O–H groups in total. The van der Waals surface area contributed by atoms with E-state index in [4.69, 9.17) is 0 Å². The molecule has 138 valence electrons. The molecule has 1 aliphatic heterocycles. The van der Waals surface area contributed by atoms with Crippen molar-refractivity contribution in [3.63, 3.8) is 0 Å². The fraction of sp³-hybridized carbons (Fsp3) is 0.381. The van der Waals surface area contributed by atoms with Gasteiger partial charge in [-0.2, -0.15) is 0 Å². The maximum absolute atomic E-state index is 12.3. The van der Waals surface area contributed by atoms with E-state index in [1.165, 1.54) is 11.1 Å². The van der Waals surface area contributed by atoms with E-state index in [-0.39, 0.29) is 12.5 Å². The summed E-state index contributed by atoms with van der Waals surface area (Å²) in [6.07, 6.45) is 4.63. The zero-order valence-corrected chi connectivity index (χ0v) is 15.5. The van der Waals surface area contributed by atoms with Crippen LogP contribution in [0.1, 0.15) is 30.8 Å². The molecule has 0 bridgehead atoms. The van der Waals surface area contributed by atoms with Crippen molar-refractivity contribution in [3.05, 3.63) is 59.3 Å². The number of aromatic amines is 1. The Morgan fingerprint density at radius 2 is 2.23 bits per heavy atom. The quantitative estimate of drug-likeness (QED) is 0.748. The van der Waals surface area contributed by atoms with Gasteiger partial charge in [0.15, 0.2) is 0 Å². The number of aromatic nitrogens is 1. The number of amides is 1. The summed E-state index contributed by atoms with van der Waals surface area (Å²) >= 11 is 0. The molecule has 26 heavy (non-hydrogen) atoms. The van der Waals surface area contributed by atoms with Crippen LogP contribution in [0, 0.1) is 0 Å². The molecule has 1 atom stereocenters. The number of carbonyl (C=O) groups excluding carboxylic acids is 1.